The zero-order chi connectivity index (χ0) is 12.8. The van der Waals surface area contributed by atoms with Gasteiger partial charge in [0.2, 0.25) is 0 Å². The average molecular weight is 271 g/mol. The van der Waals surface area contributed by atoms with Gasteiger partial charge in [-0.05, 0) is 35.7 Å². The van der Waals surface area contributed by atoms with Gasteiger partial charge in [0.05, 0.1) is 17.4 Å². The van der Waals surface area contributed by atoms with Crippen molar-refractivity contribution in [2.45, 2.75) is 12.5 Å². The summed E-state index contributed by atoms with van der Waals surface area (Å²) in [4.78, 5) is 2.49. The minimum absolute atomic E-state index is 0.427. The summed E-state index contributed by atoms with van der Waals surface area (Å²) in [5, 5.41) is 4.34. The first-order valence-corrected chi connectivity index (χ1v) is 7.08. The molecule has 0 saturated carbocycles. The number of halogens is 1. The number of hydrogen-bond donors (Lipinski definition) is 1. The number of anilines is 2. The van der Waals surface area contributed by atoms with Gasteiger partial charge in [-0.15, -0.1) is 0 Å². The maximum absolute atomic E-state index is 6.15. The van der Waals surface area contributed by atoms with Gasteiger partial charge in [0.1, 0.15) is 0 Å². The summed E-state index contributed by atoms with van der Waals surface area (Å²) in [7, 11) is 0. The molecule has 1 unspecified atom stereocenters. The Hall–Kier alpha value is -1.67. The molecule has 0 bridgehead atoms. The molecule has 3 heteroatoms. The number of rotatable bonds is 0. The van der Waals surface area contributed by atoms with Crippen LogP contribution in [0.15, 0.2) is 42.5 Å². The number of hydrogen-bond acceptors (Lipinski definition) is 2. The maximum Gasteiger partial charge on any atom is 0.0718 e. The summed E-state index contributed by atoms with van der Waals surface area (Å²) in [6, 6.07) is 15.3. The molecule has 4 rings (SSSR count). The predicted molar refractivity (Wildman–Crippen MR) is 80.2 cm³/mol. The zero-order valence-electron chi connectivity index (χ0n) is 10.6. The first-order chi connectivity index (χ1) is 9.33. The van der Waals surface area contributed by atoms with Gasteiger partial charge in [-0.1, -0.05) is 35.9 Å². The number of nitrogens with one attached hydrogen (secondary N) is 1. The summed E-state index contributed by atoms with van der Waals surface area (Å²) in [5.41, 5.74) is 5.36. The monoisotopic (exact) mass is 270 g/mol. The van der Waals surface area contributed by atoms with E-state index < -0.39 is 0 Å². The molecule has 0 aliphatic carbocycles. The molecule has 19 heavy (non-hydrogen) atoms. The Balaban J connectivity index is 1.83. The lowest BCUT2D eigenvalue weighted by Crippen LogP contribution is -2.42. The van der Waals surface area contributed by atoms with E-state index in [1.807, 2.05) is 6.07 Å². The molecule has 2 aromatic carbocycles. The maximum atomic E-state index is 6.15. The molecule has 2 nitrogen and oxygen atoms in total. The highest BCUT2D eigenvalue weighted by Crippen LogP contribution is 2.41. The molecule has 2 aliphatic heterocycles. The summed E-state index contributed by atoms with van der Waals surface area (Å²) in [6.07, 6.45) is 1.11. The van der Waals surface area contributed by atoms with E-state index in [9.17, 15) is 0 Å². The third kappa shape index (κ3) is 1.71. The van der Waals surface area contributed by atoms with Gasteiger partial charge in [0.15, 0.2) is 0 Å². The van der Waals surface area contributed by atoms with Crippen molar-refractivity contribution < 1.29 is 0 Å². The summed E-state index contributed by atoms with van der Waals surface area (Å²) < 4.78 is 0. The van der Waals surface area contributed by atoms with Crippen molar-refractivity contribution in [1.29, 1.82) is 0 Å². The summed E-state index contributed by atoms with van der Waals surface area (Å²) >= 11 is 6.15. The van der Waals surface area contributed by atoms with Crippen LogP contribution in [0.3, 0.4) is 0 Å². The molecule has 0 fully saturated rings. The normalized spacial score (nSPS) is 20.1. The molecule has 0 aromatic heterocycles. The Bertz CT molecular complexity index is 638. The van der Waals surface area contributed by atoms with Crippen molar-refractivity contribution in [3.05, 3.63) is 58.6 Å². The molecule has 2 heterocycles. The fraction of sp³-hybridized carbons (Fsp3) is 0.250. The number of benzene rings is 2. The summed E-state index contributed by atoms with van der Waals surface area (Å²) in [6.45, 7) is 2.03. The lowest BCUT2D eigenvalue weighted by Gasteiger charge is -2.43. The van der Waals surface area contributed by atoms with E-state index in [4.69, 9.17) is 11.6 Å². The first kappa shape index (κ1) is 11.2. The van der Waals surface area contributed by atoms with Gasteiger partial charge in [0, 0.05) is 18.1 Å². The second-order valence-corrected chi connectivity index (χ2v) is 5.64. The standard InChI is InChI=1S/C16H15ClN2/c17-12-5-6-14-15(9-12)19-8-7-11-3-1-2-4-13(11)16(19)10-18-14/h1-6,9,16,18H,7-8,10H2. The van der Waals surface area contributed by atoms with Crippen LogP contribution >= 0.6 is 11.6 Å². The second kappa shape index (κ2) is 4.17. The highest BCUT2D eigenvalue weighted by molar-refractivity contribution is 6.31. The minimum atomic E-state index is 0.427. The summed E-state index contributed by atoms with van der Waals surface area (Å²) in [5.74, 6) is 0. The topological polar surface area (TPSA) is 15.3 Å². The fourth-order valence-corrected chi connectivity index (χ4v) is 3.42. The van der Waals surface area contributed by atoms with Crippen molar-refractivity contribution in [1.82, 2.24) is 0 Å². The van der Waals surface area contributed by atoms with Crippen LogP contribution in [0.2, 0.25) is 5.02 Å². The van der Waals surface area contributed by atoms with Crippen LogP contribution in [0.5, 0.6) is 0 Å². The van der Waals surface area contributed by atoms with E-state index in [0.717, 1.165) is 24.5 Å². The van der Waals surface area contributed by atoms with Crippen LogP contribution < -0.4 is 10.2 Å². The van der Waals surface area contributed by atoms with Crippen molar-refractivity contribution in [2.24, 2.45) is 0 Å². The Kier molecular flexibility index (Phi) is 2.46. The lowest BCUT2D eigenvalue weighted by atomic mass is 9.90. The van der Waals surface area contributed by atoms with Crippen LogP contribution in [0.1, 0.15) is 17.2 Å². The predicted octanol–water partition coefficient (Wildman–Crippen LogP) is 3.87. The Morgan fingerprint density at radius 1 is 1.16 bits per heavy atom. The fourth-order valence-electron chi connectivity index (χ4n) is 3.26. The molecule has 2 aliphatic rings. The number of fused-ring (bicyclic) bond motifs is 5. The third-order valence-corrected chi connectivity index (χ3v) is 4.40. The van der Waals surface area contributed by atoms with Gasteiger partial charge in [-0.25, -0.2) is 0 Å². The van der Waals surface area contributed by atoms with E-state index in [2.05, 4.69) is 46.6 Å². The van der Waals surface area contributed by atoms with E-state index in [1.54, 1.807) is 0 Å². The first-order valence-electron chi connectivity index (χ1n) is 6.71. The molecule has 96 valence electrons. The zero-order valence-corrected chi connectivity index (χ0v) is 11.3. The van der Waals surface area contributed by atoms with Crippen LogP contribution in [0, 0.1) is 0 Å². The molecule has 0 spiro atoms. The van der Waals surface area contributed by atoms with Gasteiger partial charge >= 0.3 is 0 Å². The quantitative estimate of drug-likeness (QED) is 0.782. The molecular formula is C16H15ClN2. The highest BCUT2D eigenvalue weighted by Gasteiger charge is 2.31. The molecule has 2 aromatic rings. The lowest BCUT2D eigenvalue weighted by molar-refractivity contribution is 0.591. The average Bonchev–Trinajstić information content (AvgIpc) is 2.46. The molecule has 1 N–H and O–H groups in total. The molecular weight excluding hydrogens is 256 g/mol. The Morgan fingerprint density at radius 3 is 3.00 bits per heavy atom. The third-order valence-electron chi connectivity index (χ3n) is 4.17. The number of nitrogens with zero attached hydrogens (tertiary/aromatic N) is 1. The second-order valence-electron chi connectivity index (χ2n) is 5.20. The molecule has 0 saturated heterocycles. The van der Waals surface area contributed by atoms with Gasteiger partial charge in [0.25, 0.3) is 0 Å². The van der Waals surface area contributed by atoms with Crippen molar-refractivity contribution >= 4 is 23.0 Å². The molecule has 1 atom stereocenters. The van der Waals surface area contributed by atoms with E-state index in [0.29, 0.717) is 6.04 Å². The van der Waals surface area contributed by atoms with Gasteiger partial charge < -0.3 is 10.2 Å². The smallest absolute Gasteiger partial charge is 0.0718 e. The van der Waals surface area contributed by atoms with E-state index in [-0.39, 0.29) is 0 Å². The molecule has 0 radical (unpaired) electrons. The van der Waals surface area contributed by atoms with Crippen LogP contribution in [0.25, 0.3) is 0 Å². The van der Waals surface area contributed by atoms with E-state index in [1.165, 1.54) is 22.5 Å². The SMILES string of the molecule is Clc1ccc2c(c1)N1CCc3ccccc3C1CN2. The van der Waals surface area contributed by atoms with E-state index >= 15 is 0 Å². The van der Waals surface area contributed by atoms with Crippen molar-refractivity contribution in [2.75, 3.05) is 23.3 Å². The highest BCUT2D eigenvalue weighted by atomic mass is 35.5. The van der Waals surface area contributed by atoms with Gasteiger partial charge in [-0.2, -0.15) is 0 Å². The Morgan fingerprint density at radius 2 is 2.05 bits per heavy atom. The van der Waals surface area contributed by atoms with Crippen LogP contribution in [-0.4, -0.2) is 13.1 Å². The van der Waals surface area contributed by atoms with Crippen LogP contribution in [-0.2, 0) is 6.42 Å². The van der Waals surface area contributed by atoms with Gasteiger partial charge in [-0.3, -0.25) is 0 Å². The Labute approximate surface area is 118 Å². The largest absolute Gasteiger partial charge is 0.381 e. The van der Waals surface area contributed by atoms with Crippen LogP contribution in [0.4, 0.5) is 11.4 Å². The van der Waals surface area contributed by atoms with Crippen molar-refractivity contribution in [3.63, 3.8) is 0 Å². The minimum Gasteiger partial charge on any atom is -0.381 e. The molecule has 0 amide bonds. The van der Waals surface area contributed by atoms with Crippen molar-refractivity contribution in [3.8, 4) is 0 Å².